The highest BCUT2D eigenvalue weighted by atomic mass is 16.3. The second-order valence-electron chi connectivity index (χ2n) is 3.69. The van der Waals surface area contributed by atoms with E-state index < -0.39 is 12.2 Å². The number of aliphatic hydroxyl groups excluding tert-OH is 2. The molecule has 0 spiro atoms. The van der Waals surface area contributed by atoms with Crippen molar-refractivity contribution in [1.29, 1.82) is 0 Å². The van der Waals surface area contributed by atoms with Crippen LogP contribution in [0.2, 0.25) is 0 Å². The molecule has 0 saturated heterocycles. The molecule has 78 valence electrons. The van der Waals surface area contributed by atoms with Crippen LogP contribution in [-0.4, -0.2) is 15.2 Å². The standard InChI is InChI=1S/C11H17NO2/c1-6-10(8(3)13)5-11(9(4)14)7(2)12-6/h5,8-9,13-14H,1-4H3/t8-,9-/m0/s1. The van der Waals surface area contributed by atoms with E-state index in [9.17, 15) is 10.2 Å². The molecule has 2 atom stereocenters. The van der Waals surface area contributed by atoms with Crippen molar-refractivity contribution in [3.63, 3.8) is 0 Å². The van der Waals surface area contributed by atoms with Gasteiger partial charge in [0.05, 0.1) is 12.2 Å². The Morgan fingerprint density at radius 2 is 1.36 bits per heavy atom. The fourth-order valence-corrected chi connectivity index (χ4v) is 1.60. The molecule has 0 aliphatic heterocycles. The van der Waals surface area contributed by atoms with Gasteiger partial charge in [-0.3, -0.25) is 4.98 Å². The molecule has 0 bridgehead atoms. The third-order valence-electron chi connectivity index (χ3n) is 2.38. The van der Waals surface area contributed by atoms with Crippen LogP contribution in [0.5, 0.6) is 0 Å². The van der Waals surface area contributed by atoms with Gasteiger partial charge in [-0.1, -0.05) is 0 Å². The molecule has 0 fully saturated rings. The van der Waals surface area contributed by atoms with E-state index in [2.05, 4.69) is 4.98 Å². The summed E-state index contributed by atoms with van der Waals surface area (Å²) in [6, 6.07) is 1.83. The fraction of sp³-hybridized carbons (Fsp3) is 0.545. The Hall–Kier alpha value is -0.930. The fourth-order valence-electron chi connectivity index (χ4n) is 1.60. The van der Waals surface area contributed by atoms with Crippen LogP contribution in [0, 0.1) is 13.8 Å². The van der Waals surface area contributed by atoms with Crippen molar-refractivity contribution in [3.05, 3.63) is 28.6 Å². The van der Waals surface area contributed by atoms with Gasteiger partial charge >= 0.3 is 0 Å². The van der Waals surface area contributed by atoms with Crippen LogP contribution >= 0.6 is 0 Å². The first-order chi connectivity index (χ1) is 6.43. The molecule has 3 heteroatoms. The maximum absolute atomic E-state index is 9.48. The van der Waals surface area contributed by atoms with Gasteiger partial charge in [-0.05, 0) is 33.8 Å². The summed E-state index contributed by atoms with van der Waals surface area (Å²) < 4.78 is 0. The first kappa shape index (κ1) is 11.1. The third kappa shape index (κ3) is 2.11. The SMILES string of the molecule is Cc1nc(C)c([C@H](C)O)cc1[C@H](C)O. The van der Waals surface area contributed by atoms with E-state index in [1.54, 1.807) is 13.8 Å². The highest BCUT2D eigenvalue weighted by Crippen LogP contribution is 2.23. The van der Waals surface area contributed by atoms with Crippen molar-refractivity contribution in [1.82, 2.24) is 4.98 Å². The lowest BCUT2D eigenvalue weighted by Crippen LogP contribution is -2.05. The quantitative estimate of drug-likeness (QED) is 0.756. The topological polar surface area (TPSA) is 53.4 Å². The van der Waals surface area contributed by atoms with Gasteiger partial charge in [-0.15, -0.1) is 0 Å². The predicted octanol–water partition coefficient (Wildman–Crippen LogP) is 1.81. The van der Waals surface area contributed by atoms with E-state index in [4.69, 9.17) is 0 Å². The molecule has 0 amide bonds. The lowest BCUT2D eigenvalue weighted by atomic mass is 10.0. The van der Waals surface area contributed by atoms with Crippen LogP contribution in [0.25, 0.3) is 0 Å². The molecule has 0 unspecified atom stereocenters. The van der Waals surface area contributed by atoms with Crippen LogP contribution in [0.3, 0.4) is 0 Å². The molecule has 3 nitrogen and oxygen atoms in total. The number of rotatable bonds is 2. The van der Waals surface area contributed by atoms with Crippen molar-refractivity contribution >= 4 is 0 Å². The monoisotopic (exact) mass is 195 g/mol. The van der Waals surface area contributed by atoms with Gasteiger partial charge in [-0.2, -0.15) is 0 Å². The average Bonchev–Trinajstić information content (AvgIpc) is 2.02. The van der Waals surface area contributed by atoms with E-state index in [0.717, 1.165) is 22.5 Å². The minimum absolute atomic E-state index is 0.541. The van der Waals surface area contributed by atoms with E-state index in [0.29, 0.717) is 0 Å². The zero-order valence-corrected chi connectivity index (χ0v) is 9.07. The number of aromatic nitrogens is 1. The molecule has 1 aromatic heterocycles. The highest BCUT2D eigenvalue weighted by molar-refractivity contribution is 5.32. The van der Waals surface area contributed by atoms with Crippen LogP contribution in [0.1, 0.15) is 48.6 Å². The molecule has 0 aliphatic rings. The van der Waals surface area contributed by atoms with Gasteiger partial charge in [0.2, 0.25) is 0 Å². The molecule has 2 N–H and O–H groups in total. The number of aliphatic hydroxyl groups is 2. The van der Waals surface area contributed by atoms with Crippen LogP contribution < -0.4 is 0 Å². The normalized spacial score (nSPS) is 15.3. The van der Waals surface area contributed by atoms with Crippen molar-refractivity contribution in [2.75, 3.05) is 0 Å². The Kier molecular flexibility index (Phi) is 3.24. The smallest absolute Gasteiger partial charge is 0.0779 e. The van der Waals surface area contributed by atoms with E-state index in [1.807, 2.05) is 19.9 Å². The maximum atomic E-state index is 9.48. The summed E-state index contributed by atoms with van der Waals surface area (Å²) in [5.41, 5.74) is 3.21. The predicted molar refractivity (Wildman–Crippen MR) is 55.0 cm³/mol. The summed E-state index contributed by atoms with van der Waals surface area (Å²) in [5, 5.41) is 19.0. The van der Waals surface area contributed by atoms with Crippen LogP contribution in [0.4, 0.5) is 0 Å². The summed E-state index contributed by atoms with van der Waals surface area (Å²) in [6.07, 6.45) is -1.08. The maximum Gasteiger partial charge on any atom is 0.0779 e. The molecule has 0 radical (unpaired) electrons. The Morgan fingerprint density at radius 1 is 1.00 bits per heavy atom. The summed E-state index contributed by atoms with van der Waals surface area (Å²) >= 11 is 0. The van der Waals surface area contributed by atoms with E-state index >= 15 is 0 Å². The number of hydrogen-bond acceptors (Lipinski definition) is 3. The van der Waals surface area contributed by atoms with Gasteiger partial charge in [0.25, 0.3) is 0 Å². The highest BCUT2D eigenvalue weighted by Gasteiger charge is 2.12. The number of pyridine rings is 1. The summed E-state index contributed by atoms with van der Waals surface area (Å²) in [6.45, 7) is 7.12. The first-order valence-corrected chi connectivity index (χ1v) is 4.77. The minimum atomic E-state index is -0.541. The number of aryl methyl sites for hydroxylation is 2. The van der Waals surface area contributed by atoms with Gasteiger partial charge in [0.1, 0.15) is 0 Å². The molecule has 1 heterocycles. The number of nitrogens with zero attached hydrogens (tertiary/aromatic N) is 1. The Bertz CT molecular complexity index is 303. The Morgan fingerprint density at radius 3 is 1.64 bits per heavy atom. The van der Waals surface area contributed by atoms with E-state index in [-0.39, 0.29) is 0 Å². The molecular formula is C11H17NO2. The van der Waals surface area contributed by atoms with Gasteiger partial charge in [0, 0.05) is 22.5 Å². The third-order valence-corrected chi connectivity index (χ3v) is 2.38. The lowest BCUT2D eigenvalue weighted by Gasteiger charge is -2.14. The molecular weight excluding hydrogens is 178 g/mol. The summed E-state index contributed by atoms with van der Waals surface area (Å²) in [5.74, 6) is 0. The van der Waals surface area contributed by atoms with Gasteiger partial charge < -0.3 is 10.2 Å². The van der Waals surface area contributed by atoms with Crippen molar-refractivity contribution < 1.29 is 10.2 Å². The molecule has 1 rings (SSSR count). The van der Waals surface area contributed by atoms with Crippen LogP contribution in [-0.2, 0) is 0 Å². The zero-order valence-electron chi connectivity index (χ0n) is 9.07. The molecule has 14 heavy (non-hydrogen) atoms. The molecule has 0 aromatic carbocycles. The lowest BCUT2D eigenvalue weighted by molar-refractivity contribution is 0.190. The molecule has 0 saturated carbocycles. The molecule has 1 aromatic rings. The van der Waals surface area contributed by atoms with Crippen molar-refractivity contribution in [2.45, 2.75) is 39.9 Å². The zero-order chi connectivity index (χ0) is 10.9. The van der Waals surface area contributed by atoms with Crippen LogP contribution in [0.15, 0.2) is 6.07 Å². The van der Waals surface area contributed by atoms with Gasteiger partial charge in [-0.25, -0.2) is 0 Å². The Balaban J connectivity index is 3.27. The Labute approximate surface area is 84.4 Å². The first-order valence-electron chi connectivity index (χ1n) is 4.77. The molecule has 0 aliphatic carbocycles. The van der Waals surface area contributed by atoms with Gasteiger partial charge in [0.15, 0.2) is 0 Å². The summed E-state index contributed by atoms with van der Waals surface area (Å²) in [7, 11) is 0. The van der Waals surface area contributed by atoms with Crippen molar-refractivity contribution in [3.8, 4) is 0 Å². The largest absolute Gasteiger partial charge is 0.389 e. The second kappa shape index (κ2) is 4.07. The average molecular weight is 195 g/mol. The van der Waals surface area contributed by atoms with Crippen molar-refractivity contribution in [2.24, 2.45) is 0 Å². The minimum Gasteiger partial charge on any atom is -0.389 e. The number of hydrogen-bond donors (Lipinski definition) is 2. The second-order valence-corrected chi connectivity index (χ2v) is 3.69. The van der Waals surface area contributed by atoms with E-state index in [1.165, 1.54) is 0 Å². The summed E-state index contributed by atoms with van der Waals surface area (Å²) in [4.78, 5) is 4.30.